The SMILES string of the molecule is CC(CNC1CCCC1C1CCCCN1)N1CCCCC1. The van der Waals surface area contributed by atoms with E-state index < -0.39 is 0 Å². The summed E-state index contributed by atoms with van der Waals surface area (Å²) in [6, 6.07) is 2.28. The molecule has 3 fully saturated rings. The van der Waals surface area contributed by atoms with E-state index in [0.717, 1.165) is 18.0 Å². The van der Waals surface area contributed by atoms with Gasteiger partial charge in [-0.2, -0.15) is 0 Å². The highest BCUT2D eigenvalue weighted by atomic mass is 15.2. The normalized spacial score (nSPS) is 36.7. The van der Waals surface area contributed by atoms with Crippen molar-refractivity contribution in [1.82, 2.24) is 15.5 Å². The number of likely N-dealkylation sites (tertiary alicyclic amines) is 1. The molecule has 3 aliphatic rings. The van der Waals surface area contributed by atoms with Crippen molar-refractivity contribution >= 4 is 0 Å². The van der Waals surface area contributed by atoms with E-state index in [1.54, 1.807) is 0 Å². The summed E-state index contributed by atoms with van der Waals surface area (Å²) in [6.45, 7) is 7.50. The molecule has 122 valence electrons. The third-order valence-electron chi connectivity index (χ3n) is 6.12. The van der Waals surface area contributed by atoms with E-state index >= 15 is 0 Å². The minimum Gasteiger partial charge on any atom is -0.314 e. The van der Waals surface area contributed by atoms with Crippen LogP contribution in [-0.4, -0.2) is 49.2 Å². The van der Waals surface area contributed by atoms with Crippen molar-refractivity contribution in [2.75, 3.05) is 26.2 Å². The van der Waals surface area contributed by atoms with Crippen molar-refractivity contribution in [2.24, 2.45) is 5.92 Å². The zero-order chi connectivity index (χ0) is 14.5. The third-order valence-corrected chi connectivity index (χ3v) is 6.12. The van der Waals surface area contributed by atoms with Crippen molar-refractivity contribution in [2.45, 2.75) is 82.8 Å². The molecule has 4 atom stereocenters. The Hall–Kier alpha value is -0.120. The van der Waals surface area contributed by atoms with E-state index in [4.69, 9.17) is 0 Å². The van der Waals surface area contributed by atoms with Gasteiger partial charge in [0, 0.05) is 24.7 Å². The van der Waals surface area contributed by atoms with Crippen LogP contribution in [0, 0.1) is 5.92 Å². The highest BCUT2D eigenvalue weighted by Gasteiger charge is 2.34. The summed E-state index contributed by atoms with van der Waals surface area (Å²) in [5.41, 5.74) is 0. The van der Waals surface area contributed by atoms with Crippen LogP contribution >= 0.6 is 0 Å². The van der Waals surface area contributed by atoms with Gasteiger partial charge in [-0.25, -0.2) is 0 Å². The lowest BCUT2D eigenvalue weighted by atomic mass is 9.88. The lowest BCUT2D eigenvalue weighted by molar-refractivity contribution is 0.162. The van der Waals surface area contributed by atoms with Gasteiger partial charge in [0.25, 0.3) is 0 Å². The van der Waals surface area contributed by atoms with E-state index in [0.29, 0.717) is 6.04 Å². The molecule has 0 radical (unpaired) electrons. The standard InChI is InChI=1S/C18H35N3/c1-15(21-12-5-2-6-13-21)14-20-18-10-7-8-16(18)17-9-3-4-11-19-17/h15-20H,2-14H2,1H3. The molecule has 0 aromatic rings. The van der Waals surface area contributed by atoms with Gasteiger partial charge >= 0.3 is 0 Å². The summed E-state index contributed by atoms with van der Waals surface area (Å²) in [5, 5.41) is 7.74. The Morgan fingerprint density at radius 3 is 2.62 bits per heavy atom. The molecule has 21 heavy (non-hydrogen) atoms. The second-order valence-corrected chi connectivity index (χ2v) is 7.61. The Morgan fingerprint density at radius 1 is 1.00 bits per heavy atom. The van der Waals surface area contributed by atoms with Gasteiger partial charge in [0.15, 0.2) is 0 Å². The van der Waals surface area contributed by atoms with Crippen LogP contribution < -0.4 is 10.6 Å². The smallest absolute Gasteiger partial charge is 0.0192 e. The molecule has 3 rings (SSSR count). The Bertz CT molecular complexity index is 295. The summed E-state index contributed by atoms with van der Waals surface area (Å²) in [5.74, 6) is 0.888. The molecule has 0 bridgehead atoms. The van der Waals surface area contributed by atoms with Gasteiger partial charge in [-0.05, 0) is 71.0 Å². The predicted octanol–water partition coefficient (Wildman–Crippen LogP) is 2.76. The Balaban J connectivity index is 1.44. The Morgan fingerprint density at radius 2 is 1.86 bits per heavy atom. The first kappa shape index (κ1) is 15.8. The lowest BCUT2D eigenvalue weighted by Crippen LogP contribution is -2.50. The molecule has 0 amide bonds. The second-order valence-electron chi connectivity index (χ2n) is 7.61. The number of hydrogen-bond acceptors (Lipinski definition) is 3. The largest absolute Gasteiger partial charge is 0.314 e. The molecule has 2 aliphatic heterocycles. The molecular weight excluding hydrogens is 258 g/mol. The first-order valence-corrected chi connectivity index (χ1v) is 9.55. The Labute approximate surface area is 131 Å². The molecule has 3 nitrogen and oxygen atoms in total. The van der Waals surface area contributed by atoms with Crippen LogP contribution in [0.15, 0.2) is 0 Å². The number of nitrogens with zero attached hydrogens (tertiary/aromatic N) is 1. The quantitative estimate of drug-likeness (QED) is 0.816. The third kappa shape index (κ3) is 4.20. The molecule has 2 N–H and O–H groups in total. The molecule has 1 aliphatic carbocycles. The first-order chi connectivity index (χ1) is 10.3. The molecule has 1 saturated carbocycles. The second kappa shape index (κ2) is 7.94. The van der Waals surface area contributed by atoms with E-state index in [1.165, 1.54) is 84.0 Å². The van der Waals surface area contributed by atoms with E-state index in [-0.39, 0.29) is 0 Å². The highest BCUT2D eigenvalue weighted by Crippen LogP contribution is 2.31. The van der Waals surface area contributed by atoms with Crippen molar-refractivity contribution in [1.29, 1.82) is 0 Å². The van der Waals surface area contributed by atoms with Gasteiger partial charge in [0.2, 0.25) is 0 Å². The summed E-state index contributed by atoms with van der Waals surface area (Å²) in [4.78, 5) is 2.69. The number of nitrogens with one attached hydrogen (secondary N) is 2. The summed E-state index contributed by atoms with van der Waals surface area (Å²) in [6.07, 6.45) is 12.7. The maximum absolute atomic E-state index is 3.94. The summed E-state index contributed by atoms with van der Waals surface area (Å²) in [7, 11) is 0. The van der Waals surface area contributed by atoms with Crippen LogP contribution in [0.25, 0.3) is 0 Å². The van der Waals surface area contributed by atoms with E-state index in [9.17, 15) is 0 Å². The predicted molar refractivity (Wildman–Crippen MR) is 89.7 cm³/mol. The first-order valence-electron chi connectivity index (χ1n) is 9.55. The van der Waals surface area contributed by atoms with Crippen LogP contribution in [0.2, 0.25) is 0 Å². The maximum Gasteiger partial charge on any atom is 0.0192 e. The van der Waals surface area contributed by atoms with Gasteiger partial charge in [0.1, 0.15) is 0 Å². The highest BCUT2D eigenvalue weighted by molar-refractivity contribution is 4.92. The van der Waals surface area contributed by atoms with Crippen LogP contribution in [0.3, 0.4) is 0 Å². The van der Waals surface area contributed by atoms with Crippen molar-refractivity contribution in [3.05, 3.63) is 0 Å². The average molecular weight is 293 g/mol. The average Bonchev–Trinajstić information content (AvgIpc) is 3.03. The van der Waals surface area contributed by atoms with Gasteiger partial charge in [-0.15, -0.1) is 0 Å². The molecule has 3 heteroatoms. The maximum atomic E-state index is 3.94. The molecule has 0 aromatic carbocycles. The molecule has 0 spiro atoms. The van der Waals surface area contributed by atoms with Crippen LogP contribution in [0.4, 0.5) is 0 Å². The van der Waals surface area contributed by atoms with Gasteiger partial charge < -0.3 is 10.6 Å². The number of hydrogen-bond donors (Lipinski definition) is 2. The lowest BCUT2D eigenvalue weighted by Gasteiger charge is -2.36. The fourth-order valence-electron chi connectivity index (χ4n) is 4.78. The fraction of sp³-hybridized carbons (Fsp3) is 1.00. The minimum absolute atomic E-state index is 0.714. The topological polar surface area (TPSA) is 27.3 Å². The Kier molecular flexibility index (Phi) is 5.96. The van der Waals surface area contributed by atoms with E-state index in [1.807, 2.05) is 0 Å². The van der Waals surface area contributed by atoms with Gasteiger partial charge in [0.05, 0.1) is 0 Å². The molecule has 0 aromatic heterocycles. The van der Waals surface area contributed by atoms with Crippen LogP contribution in [0.1, 0.15) is 64.7 Å². The molecule has 4 unspecified atom stereocenters. The summed E-state index contributed by atoms with van der Waals surface area (Å²) < 4.78 is 0. The van der Waals surface area contributed by atoms with Gasteiger partial charge in [-0.3, -0.25) is 4.90 Å². The fourth-order valence-corrected chi connectivity index (χ4v) is 4.78. The van der Waals surface area contributed by atoms with Crippen LogP contribution in [-0.2, 0) is 0 Å². The van der Waals surface area contributed by atoms with Crippen molar-refractivity contribution in [3.63, 3.8) is 0 Å². The van der Waals surface area contributed by atoms with Crippen molar-refractivity contribution < 1.29 is 0 Å². The minimum atomic E-state index is 0.714. The molecule has 2 saturated heterocycles. The van der Waals surface area contributed by atoms with Gasteiger partial charge in [-0.1, -0.05) is 19.3 Å². The molecular formula is C18H35N3. The summed E-state index contributed by atoms with van der Waals surface area (Å²) >= 11 is 0. The molecule has 2 heterocycles. The van der Waals surface area contributed by atoms with E-state index in [2.05, 4.69) is 22.5 Å². The zero-order valence-electron chi connectivity index (χ0n) is 13.9. The number of rotatable bonds is 5. The number of piperidine rings is 2. The van der Waals surface area contributed by atoms with Crippen LogP contribution in [0.5, 0.6) is 0 Å². The monoisotopic (exact) mass is 293 g/mol. The zero-order valence-corrected chi connectivity index (χ0v) is 13.9. The van der Waals surface area contributed by atoms with Crippen molar-refractivity contribution in [3.8, 4) is 0 Å².